The maximum Gasteiger partial charge on any atom is 0.360 e. The molecule has 7 aromatic carbocycles. The van der Waals surface area contributed by atoms with Crippen LogP contribution in [0.5, 0.6) is 46.0 Å². The molecule has 3 saturated heterocycles. The first-order valence-electron chi connectivity index (χ1n) is 44.6. The van der Waals surface area contributed by atoms with E-state index in [1.165, 1.54) is 33.9 Å². The fourth-order valence-electron chi connectivity index (χ4n) is 17.4. The molecule has 8 aliphatic rings. The largest absolute Gasteiger partial charge is 0.508 e. The molecule has 19 unspecified atom stereocenters. The van der Waals surface area contributed by atoms with Gasteiger partial charge in [-0.25, -0.2) is 4.79 Å². The van der Waals surface area contributed by atoms with E-state index in [4.69, 9.17) is 88.9 Å². The number of nitrogens with one attached hydrogen (secondary N) is 9. The van der Waals surface area contributed by atoms with Crippen molar-refractivity contribution < 1.29 is 165 Å². The predicted octanol–water partition coefficient (Wildman–Crippen LogP) is 3.97. The number of ether oxygens (including phenoxy) is 9. The minimum Gasteiger partial charge on any atom is -0.508 e. The minimum absolute atomic E-state index is 0.0989. The zero-order chi connectivity index (χ0) is 104. The first-order valence-corrected chi connectivity index (χ1v) is 49.1. The summed E-state index contributed by atoms with van der Waals surface area (Å²) in [7, 11) is -9.94. The molecule has 766 valence electrons. The third kappa shape index (κ3) is 25.2. The van der Waals surface area contributed by atoms with E-state index >= 15 is 24.0 Å². The zero-order valence-electron chi connectivity index (χ0n) is 76.8. The van der Waals surface area contributed by atoms with Crippen LogP contribution in [-0.4, -0.2) is 247 Å². The van der Waals surface area contributed by atoms with Crippen molar-refractivity contribution in [3.05, 3.63) is 176 Å². The number of carbonyl (C=O) groups is 10. The van der Waals surface area contributed by atoms with Crippen molar-refractivity contribution in [2.45, 2.75) is 232 Å². The van der Waals surface area contributed by atoms with E-state index < -0.39 is 336 Å². The monoisotopic (exact) mass is 2080 g/mol. The molecule has 11 bridgehead atoms. The Bertz CT molecular complexity index is 6030. The van der Waals surface area contributed by atoms with E-state index in [9.17, 15) is 98.6 Å². The molecular weight excluding hydrogens is 1970 g/mol. The van der Waals surface area contributed by atoms with Crippen LogP contribution in [0, 0.1) is 5.92 Å². The van der Waals surface area contributed by atoms with Crippen LogP contribution in [0.4, 0.5) is 0 Å². The highest BCUT2D eigenvalue weighted by molar-refractivity contribution is 7.70. The summed E-state index contributed by atoms with van der Waals surface area (Å²) in [5, 5.41) is 130. The third-order valence-corrected chi connectivity index (χ3v) is 29.0. The summed E-state index contributed by atoms with van der Waals surface area (Å²) in [6, 6.07) is 12.8. The number of aliphatic hydroxyl groups excluding tert-OH is 5. The lowest BCUT2D eigenvalue weighted by molar-refractivity contribution is -0.335. The SMILES string of the molecule is CNC(CC(C)C)C(=O)NC1C(=O)NC(CC(N)=O)C(=O)NC2C(=O)NC3C(=O)NC(C(=O)N[C@@H](C(=O)O)c4cc(O)cc(O)c4-c4cc3ccc4O)[C@H](OC3CC(C)(N)C(O)C(C)O3)c3ccc(c(Cl)c3)Oc3cc2cc(c3OC2OC(COC(=O)CCCC(=O)NC(P(=O)(O)O)P(=O)(O)O)C(O)C(O)C2OC2CC(C)(NCc3ccc(-c4ccc(Cl)cc4)cc3)C(O)C(C)O2)Oc2ccc(cc2Cl)[C@@H]1O. The normalized spacial score (nSPS) is 27.8. The lowest BCUT2D eigenvalue weighted by Gasteiger charge is -2.48. The lowest BCUT2D eigenvalue weighted by atomic mass is 9.84. The quantitative estimate of drug-likeness (QED) is 0.0256. The molecule has 3 fully saturated rings. The summed E-state index contributed by atoms with van der Waals surface area (Å²) in [5.41, 5.74) is 5.82. The molecule has 0 saturated carbocycles. The molecule has 8 aliphatic heterocycles. The number of halogens is 3. The molecule has 8 amide bonds. The Kier molecular flexibility index (Phi) is 33.8. The average molecular weight is 2080 g/mol. The number of esters is 1. The number of phenolic OH excluding ortho intramolecular Hbond substituents is 3. The van der Waals surface area contributed by atoms with Crippen molar-refractivity contribution in [1.82, 2.24) is 47.9 Å². The maximum absolute atomic E-state index is 16.7. The molecule has 0 aliphatic carbocycles. The van der Waals surface area contributed by atoms with Gasteiger partial charge < -0.3 is 167 Å². The molecular formula is C92H108Cl3N11O34P2. The van der Waals surface area contributed by atoms with E-state index in [-0.39, 0.29) is 36.4 Å². The number of carboxylic acid groups (broad SMARTS) is 1. The van der Waals surface area contributed by atoms with Gasteiger partial charge >= 0.3 is 27.1 Å². The van der Waals surface area contributed by atoms with Crippen LogP contribution in [-0.2, 0) is 92.0 Å². The number of primary amides is 1. The predicted molar refractivity (Wildman–Crippen MR) is 499 cm³/mol. The fourth-order valence-corrected chi connectivity index (χ4v) is 20.1. The number of benzene rings is 7. The number of amides is 8. The Morgan fingerprint density at radius 1 is 0.627 bits per heavy atom. The van der Waals surface area contributed by atoms with Crippen LogP contribution >= 0.6 is 50.0 Å². The molecule has 0 spiro atoms. The number of hydrogen-bond donors (Lipinski definition) is 24. The summed E-state index contributed by atoms with van der Waals surface area (Å²) < 4.78 is 83.0. The average Bonchev–Trinajstić information content (AvgIpc) is 0.758. The Labute approximate surface area is 824 Å². The van der Waals surface area contributed by atoms with Gasteiger partial charge in [0.1, 0.15) is 96.1 Å². The highest BCUT2D eigenvalue weighted by Crippen LogP contribution is 2.59. The Hall–Kier alpha value is -11.3. The lowest BCUT2D eigenvalue weighted by Crippen LogP contribution is -2.65. The number of likely N-dealkylation sites (N-methyl/N-ethyl adjacent to an activating group) is 1. The first-order chi connectivity index (χ1) is 66.8. The van der Waals surface area contributed by atoms with Gasteiger partial charge in [-0.2, -0.15) is 0 Å². The third-order valence-electron chi connectivity index (χ3n) is 24.9. The van der Waals surface area contributed by atoms with Crippen molar-refractivity contribution in [2.75, 3.05) is 13.7 Å². The van der Waals surface area contributed by atoms with E-state index in [1.54, 1.807) is 38.2 Å². The van der Waals surface area contributed by atoms with Crippen molar-refractivity contribution in [2.24, 2.45) is 17.4 Å². The van der Waals surface area contributed by atoms with E-state index in [1.807, 2.05) is 36.4 Å². The van der Waals surface area contributed by atoms with Gasteiger partial charge in [0.25, 0.3) is 0 Å². The topological polar surface area (TPSA) is 711 Å². The fraction of sp³-hybridized carbons (Fsp3) is 0.435. The summed E-state index contributed by atoms with van der Waals surface area (Å²) in [6.45, 7) is 8.62. The smallest absolute Gasteiger partial charge is 0.360 e. The summed E-state index contributed by atoms with van der Waals surface area (Å²) in [5.74, 6) is -20.0. The number of rotatable bonds is 27. The molecule has 22 atom stereocenters. The number of aliphatic carboxylic acids is 1. The minimum atomic E-state index is -5.69. The van der Waals surface area contributed by atoms with Gasteiger partial charge in [0.15, 0.2) is 36.2 Å². The number of aliphatic hydroxyl groups is 5. The van der Waals surface area contributed by atoms with Crippen LogP contribution in [0.1, 0.15) is 150 Å². The maximum atomic E-state index is 16.7. The standard InChI is InChI=1S/C92H108Cl3N11O34P2/c1-38(2)25-54(98-7)82(118)105-72-74(113)45-18-23-58(52(94)27-45)135-60-29-47-30-61(78(60)140-89-79(76(115)75(114)62(137-89)37-132-65(112)10-8-9-64(111)101-90(141(126,127)128)142(129,130)131)139-67-35-92(6,81(117)40(4)134-67)99-36-41-11-13-42(14-12-41)43-15-20-48(93)21-16-43)136-59-24-19-46(28-53(59)95)77(138-66-34-91(5,97)80(116)39(3)133-66)73-87(123)104-71(88(124)125)51-31-49(107)32-57(109)68(51)50-26-44(17-22-56(50)108)69(84(120)106-73)103-85(121)70(47)102-83(119)55(33-63(96)110)100-86(72)122/h11-24,26-32,38-40,54-55,62,66-67,69-77,79-81,89-90,98-99,107-109,113-117H,8-10,25,33-37,97H2,1-7H3,(H2,96,110)(H,100,122)(H,101,111)(H,102,119)(H,103,121)(H,104,123)(H,105,118)(H,106,120)(H,124,125)(H2,126,127,128)(H2,129,130,131)/t39?,40?,54?,55?,62?,66?,67?,69?,70?,71-,72?,73?,74+,75?,76?,77-,79?,80?,81?,89?,91?,92?/m1/s1. The Morgan fingerprint density at radius 3 is 1.81 bits per heavy atom. The molecule has 142 heavy (non-hydrogen) atoms. The Morgan fingerprint density at radius 2 is 1.21 bits per heavy atom. The second-order valence-electron chi connectivity index (χ2n) is 36.2. The van der Waals surface area contributed by atoms with Gasteiger partial charge in [-0.15, -0.1) is 0 Å². The van der Waals surface area contributed by atoms with Gasteiger partial charge in [0, 0.05) is 71.1 Å². The van der Waals surface area contributed by atoms with E-state index in [2.05, 4.69) is 42.5 Å². The molecule has 0 aromatic heterocycles. The summed E-state index contributed by atoms with van der Waals surface area (Å²) in [6.07, 6.45) is -27.3. The first kappa shape index (κ1) is 108. The van der Waals surface area contributed by atoms with Crippen molar-refractivity contribution in [3.63, 3.8) is 0 Å². The zero-order valence-corrected chi connectivity index (χ0v) is 80.8. The van der Waals surface area contributed by atoms with E-state index in [0.717, 1.165) is 89.5 Å². The highest BCUT2D eigenvalue weighted by Gasteiger charge is 2.54. The Balaban J connectivity index is 1.02. The second-order valence-corrected chi connectivity index (χ2v) is 41.2. The molecule has 50 heteroatoms. The van der Waals surface area contributed by atoms with Crippen LogP contribution < -0.4 is 73.5 Å². The van der Waals surface area contributed by atoms with Gasteiger partial charge in [-0.3, -0.25) is 52.3 Å². The molecule has 8 heterocycles. The number of aromatic hydroxyl groups is 3. The number of nitrogens with two attached hydrogens (primary N) is 2. The van der Waals surface area contributed by atoms with Gasteiger partial charge in [0.05, 0.1) is 46.9 Å². The molecule has 7 aromatic rings. The van der Waals surface area contributed by atoms with E-state index in [0.29, 0.717) is 5.02 Å². The highest BCUT2D eigenvalue weighted by atomic mass is 35.5. The molecule has 26 N–H and O–H groups in total. The van der Waals surface area contributed by atoms with Crippen molar-refractivity contribution in [3.8, 4) is 68.2 Å². The number of carbonyl (C=O) groups excluding carboxylic acids is 9. The van der Waals surface area contributed by atoms with Crippen LogP contribution in [0.3, 0.4) is 0 Å². The van der Waals surface area contributed by atoms with Crippen molar-refractivity contribution in [1.29, 1.82) is 0 Å². The summed E-state index contributed by atoms with van der Waals surface area (Å²) in [4.78, 5) is 187. The molecule has 45 nitrogen and oxygen atoms in total. The van der Waals surface area contributed by atoms with Crippen LogP contribution in [0.15, 0.2) is 127 Å². The number of fused-ring (bicyclic) bond motifs is 15. The number of hydrogen-bond acceptors (Lipinski definition) is 32. The molecule has 0 radical (unpaired) electrons. The van der Waals surface area contributed by atoms with Gasteiger partial charge in [-0.05, 0) is 159 Å². The summed E-state index contributed by atoms with van der Waals surface area (Å²) >= 11 is 21.0. The van der Waals surface area contributed by atoms with Gasteiger partial charge in [0.2, 0.25) is 64.8 Å². The van der Waals surface area contributed by atoms with Crippen LogP contribution in [0.25, 0.3) is 22.3 Å². The van der Waals surface area contributed by atoms with Crippen LogP contribution in [0.2, 0.25) is 15.1 Å². The van der Waals surface area contributed by atoms with Crippen molar-refractivity contribution >= 4 is 109 Å². The number of phenols is 3. The van der Waals surface area contributed by atoms with Gasteiger partial charge in [-0.1, -0.05) is 103 Å². The second kappa shape index (κ2) is 44.5. The number of carboxylic acids is 1. The molecule has 15 rings (SSSR count).